The highest BCUT2D eigenvalue weighted by Crippen LogP contribution is 2.25. The average molecular weight is 360 g/mol. The van der Waals surface area contributed by atoms with Crippen LogP contribution in [0.15, 0.2) is 18.2 Å². The van der Waals surface area contributed by atoms with Gasteiger partial charge < -0.3 is 20.9 Å². The number of nitrogens with zero attached hydrogens (tertiary/aromatic N) is 1. The van der Waals surface area contributed by atoms with Crippen LogP contribution in [0, 0.1) is 0 Å². The van der Waals surface area contributed by atoms with E-state index in [1.165, 1.54) is 0 Å². The summed E-state index contributed by atoms with van der Waals surface area (Å²) < 4.78 is 0. The first kappa shape index (κ1) is 19.9. The van der Waals surface area contributed by atoms with Gasteiger partial charge in [-0.25, -0.2) is 0 Å². The molecule has 1 aromatic carbocycles. The van der Waals surface area contributed by atoms with Crippen molar-refractivity contribution in [3.8, 4) is 0 Å². The molecule has 0 unspecified atom stereocenters. The van der Waals surface area contributed by atoms with Crippen LogP contribution in [-0.4, -0.2) is 48.8 Å². The van der Waals surface area contributed by atoms with Crippen molar-refractivity contribution >= 4 is 29.1 Å². The molecule has 0 radical (unpaired) electrons. The monoisotopic (exact) mass is 360 g/mol. The molecule has 0 aliphatic carbocycles. The summed E-state index contributed by atoms with van der Waals surface area (Å²) in [6.45, 7) is 5.72. The van der Waals surface area contributed by atoms with Gasteiger partial charge in [0.25, 0.3) is 0 Å². The molecule has 0 spiro atoms. The minimum absolute atomic E-state index is 0.00625. The molecule has 142 valence electrons. The highest BCUT2D eigenvalue weighted by molar-refractivity contribution is 6.39. The maximum atomic E-state index is 12.0. The Labute approximate surface area is 154 Å². The molecule has 1 aliphatic rings. The number of hydrogen-bond donors (Lipinski definition) is 3. The first-order valence-corrected chi connectivity index (χ1v) is 9.09. The Morgan fingerprint density at radius 3 is 2.69 bits per heavy atom. The van der Waals surface area contributed by atoms with Gasteiger partial charge in [0, 0.05) is 30.4 Å². The van der Waals surface area contributed by atoms with Gasteiger partial charge in [0.15, 0.2) is 0 Å². The molecule has 2 rings (SSSR count). The van der Waals surface area contributed by atoms with Crippen LogP contribution in [0.1, 0.15) is 38.7 Å². The van der Waals surface area contributed by atoms with E-state index in [-0.39, 0.29) is 5.91 Å². The first-order valence-electron chi connectivity index (χ1n) is 9.09. The lowest BCUT2D eigenvalue weighted by Gasteiger charge is -2.20. The molecule has 3 N–H and O–H groups in total. The summed E-state index contributed by atoms with van der Waals surface area (Å²) in [6.07, 6.45) is 2.85. The van der Waals surface area contributed by atoms with Crippen molar-refractivity contribution in [1.82, 2.24) is 10.2 Å². The summed E-state index contributed by atoms with van der Waals surface area (Å²) in [7, 11) is 2.07. The zero-order chi connectivity index (χ0) is 19.1. The van der Waals surface area contributed by atoms with E-state index in [1.807, 2.05) is 0 Å². The molecule has 3 amide bonds. The largest absolute Gasteiger partial charge is 0.348 e. The fourth-order valence-electron chi connectivity index (χ4n) is 2.68. The van der Waals surface area contributed by atoms with Crippen molar-refractivity contribution in [3.63, 3.8) is 0 Å². The van der Waals surface area contributed by atoms with E-state index < -0.39 is 11.8 Å². The lowest BCUT2D eigenvalue weighted by atomic mass is 10.0. The quantitative estimate of drug-likeness (QED) is 0.510. The average Bonchev–Trinajstić information content (AvgIpc) is 2.61. The number of aryl methyl sites for hydroxylation is 1. The highest BCUT2D eigenvalue weighted by atomic mass is 16.2. The molecular formula is C19H28N4O3. The number of carbonyl (C=O) groups excluding carboxylic acids is 3. The molecule has 0 aromatic heterocycles. The number of hydrogen-bond acceptors (Lipinski definition) is 4. The number of carbonyl (C=O) groups is 3. The third kappa shape index (κ3) is 5.84. The number of benzene rings is 1. The van der Waals surface area contributed by atoms with Gasteiger partial charge in [0.1, 0.15) is 0 Å². The van der Waals surface area contributed by atoms with Crippen LogP contribution in [0.2, 0.25) is 0 Å². The van der Waals surface area contributed by atoms with Crippen molar-refractivity contribution < 1.29 is 14.4 Å². The molecule has 7 heteroatoms. The van der Waals surface area contributed by atoms with E-state index in [0.717, 1.165) is 30.6 Å². The third-order valence-electron chi connectivity index (χ3n) is 4.57. The zero-order valence-electron chi connectivity index (χ0n) is 15.7. The summed E-state index contributed by atoms with van der Waals surface area (Å²) in [4.78, 5) is 37.5. The van der Waals surface area contributed by atoms with Crippen LogP contribution in [0.4, 0.5) is 11.4 Å². The molecule has 0 bridgehead atoms. The second-order valence-corrected chi connectivity index (χ2v) is 6.91. The van der Waals surface area contributed by atoms with E-state index in [9.17, 15) is 14.4 Å². The van der Waals surface area contributed by atoms with Gasteiger partial charge in [-0.15, -0.1) is 0 Å². The SMILES string of the molecule is CC(C)N(C)CCCCNC(=O)C(=O)Nc1ccc2c(c1)CCC(=O)N2. The van der Waals surface area contributed by atoms with E-state index in [0.29, 0.717) is 31.1 Å². The maximum Gasteiger partial charge on any atom is 0.313 e. The molecule has 0 saturated heterocycles. The Bertz CT molecular complexity index is 673. The van der Waals surface area contributed by atoms with Crippen molar-refractivity contribution in [2.75, 3.05) is 30.8 Å². The second-order valence-electron chi connectivity index (χ2n) is 6.91. The van der Waals surface area contributed by atoms with Crippen LogP contribution in [0.5, 0.6) is 0 Å². The molecule has 1 aromatic rings. The Morgan fingerprint density at radius 2 is 1.96 bits per heavy atom. The number of anilines is 2. The van der Waals surface area contributed by atoms with Crippen LogP contribution in [0.3, 0.4) is 0 Å². The van der Waals surface area contributed by atoms with Crippen LogP contribution >= 0.6 is 0 Å². The predicted octanol–water partition coefficient (Wildman–Crippen LogP) is 1.75. The van der Waals surface area contributed by atoms with Crippen LogP contribution in [0.25, 0.3) is 0 Å². The van der Waals surface area contributed by atoms with Gasteiger partial charge in [0.2, 0.25) is 5.91 Å². The smallest absolute Gasteiger partial charge is 0.313 e. The van der Waals surface area contributed by atoms with Gasteiger partial charge in [-0.05, 0) is 70.5 Å². The number of nitrogens with one attached hydrogen (secondary N) is 3. The molecule has 0 saturated carbocycles. The standard InChI is InChI=1S/C19H28N4O3/c1-13(2)23(3)11-5-4-10-20-18(25)19(26)21-15-7-8-16-14(12-15)6-9-17(24)22-16/h7-8,12-13H,4-6,9-11H2,1-3H3,(H,20,25)(H,21,26)(H,22,24). The minimum Gasteiger partial charge on any atom is -0.348 e. The van der Waals surface area contributed by atoms with E-state index in [1.54, 1.807) is 18.2 Å². The lowest BCUT2D eigenvalue weighted by Crippen LogP contribution is -2.36. The predicted molar refractivity (Wildman–Crippen MR) is 102 cm³/mol. The van der Waals surface area contributed by atoms with Crippen LogP contribution < -0.4 is 16.0 Å². The zero-order valence-corrected chi connectivity index (χ0v) is 15.7. The number of fused-ring (bicyclic) bond motifs is 1. The summed E-state index contributed by atoms with van der Waals surface area (Å²) >= 11 is 0. The Morgan fingerprint density at radius 1 is 1.19 bits per heavy atom. The van der Waals surface area contributed by atoms with Gasteiger partial charge >= 0.3 is 11.8 Å². The normalized spacial score (nSPS) is 13.3. The van der Waals surface area contributed by atoms with Crippen molar-refractivity contribution in [1.29, 1.82) is 0 Å². The minimum atomic E-state index is -0.677. The van der Waals surface area contributed by atoms with Gasteiger partial charge in [0.05, 0.1) is 0 Å². The Balaban J connectivity index is 1.73. The summed E-state index contributed by atoms with van der Waals surface area (Å²) in [6, 6.07) is 5.71. The first-order chi connectivity index (χ1) is 12.4. The lowest BCUT2D eigenvalue weighted by molar-refractivity contribution is -0.136. The molecule has 1 aliphatic heterocycles. The maximum absolute atomic E-state index is 12.0. The fraction of sp³-hybridized carbons (Fsp3) is 0.526. The van der Waals surface area contributed by atoms with Gasteiger partial charge in [-0.2, -0.15) is 0 Å². The second kappa shape index (κ2) is 9.33. The van der Waals surface area contributed by atoms with E-state index in [4.69, 9.17) is 0 Å². The third-order valence-corrected chi connectivity index (χ3v) is 4.57. The number of rotatable bonds is 7. The topological polar surface area (TPSA) is 90.5 Å². The molecule has 0 fully saturated rings. The summed E-state index contributed by atoms with van der Waals surface area (Å²) in [5.74, 6) is -1.31. The Hall–Kier alpha value is -2.41. The summed E-state index contributed by atoms with van der Waals surface area (Å²) in [5, 5.41) is 8.04. The van der Waals surface area contributed by atoms with E-state index in [2.05, 4.69) is 41.7 Å². The van der Waals surface area contributed by atoms with Crippen molar-refractivity contribution in [3.05, 3.63) is 23.8 Å². The number of amides is 3. The highest BCUT2D eigenvalue weighted by Gasteiger charge is 2.17. The van der Waals surface area contributed by atoms with Crippen molar-refractivity contribution in [2.24, 2.45) is 0 Å². The van der Waals surface area contributed by atoms with E-state index >= 15 is 0 Å². The molecule has 7 nitrogen and oxygen atoms in total. The van der Waals surface area contributed by atoms with Crippen molar-refractivity contribution in [2.45, 2.75) is 45.6 Å². The summed E-state index contributed by atoms with van der Waals surface area (Å²) in [5.41, 5.74) is 2.27. The molecule has 26 heavy (non-hydrogen) atoms. The number of unbranched alkanes of at least 4 members (excludes halogenated alkanes) is 1. The van der Waals surface area contributed by atoms with Crippen LogP contribution in [-0.2, 0) is 20.8 Å². The van der Waals surface area contributed by atoms with Gasteiger partial charge in [-0.3, -0.25) is 14.4 Å². The Kier molecular flexibility index (Phi) is 7.15. The van der Waals surface area contributed by atoms with Gasteiger partial charge in [-0.1, -0.05) is 0 Å². The fourth-order valence-corrected chi connectivity index (χ4v) is 2.68. The molecular weight excluding hydrogens is 332 g/mol. The molecule has 0 atom stereocenters. The molecule has 1 heterocycles.